The average molecular weight is 316 g/mol. The molecule has 24 heavy (non-hydrogen) atoms. The average Bonchev–Trinajstić information content (AvgIpc) is 2.96. The maximum absolute atomic E-state index is 4.74. The molecule has 0 amide bonds. The highest BCUT2D eigenvalue weighted by Crippen LogP contribution is 2.23. The molecule has 0 radical (unpaired) electrons. The molecule has 0 bridgehead atoms. The monoisotopic (exact) mass is 316 g/mol. The number of hydrogen-bond donors (Lipinski definition) is 1. The number of anilines is 2. The van der Waals surface area contributed by atoms with E-state index in [1.807, 2.05) is 37.3 Å². The maximum Gasteiger partial charge on any atom is 0.228 e. The highest BCUT2D eigenvalue weighted by atomic mass is 15.4. The Morgan fingerprint density at radius 2 is 1.75 bits per heavy atom. The SMILES string of the molecule is Cc1cc(Nc2ncccn2)n(-c2cc(C)c3ccccc3n2)n1. The van der Waals surface area contributed by atoms with Crippen molar-refractivity contribution in [1.82, 2.24) is 24.7 Å². The Bertz CT molecular complexity index is 1010. The van der Waals surface area contributed by atoms with E-state index in [0.717, 1.165) is 33.8 Å². The normalized spacial score (nSPS) is 10.9. The van der Waals surface area contributed by atoms with Crippen molar-refractivity contribution in [2.24, 2.45) is 0 Å². The van der Waals surface area contributed by atoms with Gasteiger partial charge in [0, 0.05) is 23.8 Å². The van der Waals surface area contributed by atoms with Crippen LogP contribution in [0.15, 0.2) is 54.9 Å². The van der Waals surface area contributed by atoms with E-state index in [4.69, 9.17) is 4.98 Å². The maximum atomic E-state index is 4.74. The van der Waals surface area contributed by atoms with Gasteiger partial charge in [0.15, 0.2) is 5.82 Å². The van der Waals surface area contributed by atoms with Crippen LogP contribution in [0.5, 0.6) is 0 Å². The van der Waals surface area contributed by atoms with Crippen molar-refractivity contribution >= 4 is 22.7 Å². The lowest BCUT2D eigenvalue weighted by atomic mass is 10.1. The van der Waals surface area contributed by atoms with Gasteiger partial charge in [-0.05, 0) is 37.6 Å². The molecule has 0 aliphatic rings. The van der Waals surface area contributed by atoms with Gasteiger partial charge in [-0.1, -0.05) is 18.2 Å². The second-order valence-electron chi connectivity index (χ2n) is 5.59. The molecule has 4 aromatic rings. The summed E-state index contributed by atoms with van der Waals surface area (Å²) in [5.74, 6) is 2.06. The Hall–Kier alpha value is -3.28. The van der Waals surface area contributed by atoms with Gasteiger partial charge in [0.25, 0.3) is 0 Å². The quantitative estimate of drug-likeness (QED) is 0.626. The molecule has 0 fully saturated rings. The van der Waals surface area contributed by atoms with Gasteiger partial charge in [0.1, 0.15) is 5.82 Å². The van der Waals surface area contributed by atoms with E-state index in [1.54, 1.807) is 23.1 Å². The van der Waals surface area contributed by atoms with Crippen molar-refractivity contribution in [2.45, 2.75) is 13.8 Å². The standard InChI is InChI=1S/C18H16N6/c1-12-10-16(21-15-7-4-3-6-14(12)15)24-17(11-13(2)23-24)22-18-19-8-5-9-20-18/h3-11H,1-2H3,(H,19,20,22). The molecule has 0 unspecified atom stereocenters. The number of hydrogen-bond acceptors (Lipinski definition) is 5. The fourth-order valence-electron chi connectivity index (χ4n) is 2.68. The number of benzene rings is 1. The van der Waals surface area contributed by atoms with Crippen LogP contribution in [0.2, 0.25) is 0 Å². The zero-order valence-corrected chi connectivity index (χ0v) is 13.4. The third-order valence-corrected chi connectivity index (χ3v) is 3.76. The highest BCUT2D eigenvalue weighted by molar-refractivity contribution is 5.83. The van der Waals surface area contributed by atoms with Crippen LogP contribution >= 0.6 is 0 Å². The number of pyridine rings is 1. The summed E-state index contributed by atoms with van der Waals surface area (Å²) < 4.78 is 1.78. The van der Waals surface area contributed by atoms with Gasteiger partial charge in [-0.25, -0.2) is 15.0 Å². The van der Waals surface area contributed by atoms with E-state index in [9.17, 15) is 0 Å². The number of nitrogens with one attached hydrogen (secondary N) is 1. The molecule has 0 aliphatic heterocycles. The summed E-state index contributed by atoms with van der Waals surface area (Å²) in [6.45, 7) is 4.03. The molecule has 1 aromatic carbocycles. The first-order valence-corrected chi connectivity index (χ1v) is 7.68. The summed E-state index contributed by atoms with van der Waals surface area (Å²) in [5.41, 5.74) is 2.99. The molecule has 0 atom stereocenters. The van der Waals surface area contributed by atoms with Gasteiger partial charge in [-0.15, -0.1) is 0 Å². The lowest BCUT2D eigenvalue weighted by Gasteiger charge is -2.10. The van der Waals surface area contributed by atoms with E-state index in [2.05, 4.69) is 33.4 Å². The summed E-state index contributed by atoms with van der Waals surface area (Å²) in [5, 5.41) is 8.90. The predicted octanol–water partition coefficient (Wildman–Crippen LogP) is 3.57. The molecule has 118 valence electrons. The van der Waals surface area contributed by atoms with Crippen molar-refractivity contribution in [1.29, 1.82) is 0 Å². The largest absolute Gasteiger partial charge is 0.309 e. The van der Waals surface area contributed by atoms with Crippen LogP contribution in [0.1, 0.15) is 11.3 Å². The number of aromatic nitrogens is 5. The van der Waals surface area contributed by atoms with Crippen molar-refractivity contribution < 1.29 is 0 Å². The van der Waals surface area contributed by atoms with Crippen LogP contribution in [0.25, 0.3) is 16.7 Å². The third kappa shape index (κ3) is 2.58. The van der Waals surface area contributed by atoms with E-state index in [0.29, 0.717) is 5.95 Å². The zero-order valence-electron chi connectivity index (χ0n) is 13.4. The second kappa shape index (κ2) is 5.73. The van der Waals surface area contributed by atoms with E-state index in [1.165, 1.54) is 0 Å². The Morgan fingerprint density at radius 3 is 2.58 bits per heavy atom. The molecule has 6 heteroatoms. The zero-order chi connectivity index (χ0) is 16.5. The van der Waals surface area contributed by atoms with Crippen molar-refractivity contribution in [3.05, 3.63) is 66.1 Å². The molecule has 0 saturated carbocycles. The van der Waals surface area contributed by atoms with Gasteiger partial charge < -0.3 is 5.32 Å². The van der Waals surface area contributed by atoms with Gasteiger partial charge in [0.05, 0.1) is 11.2 Å². The van der Waals surface area contributed by atoms with Crippen molar-refractivity contribution in [3.63, 3.8) is 0 Å². The topological polar surface area (TPSA) is 68.5 Å². The first-order chi connectivity index (χ1) is 11.7. The second-order valence-corrected chi connectivity index (χ2v) is 5.59. The lowest BCUT2D eigenvalue weighted by molar-refractivity contribution is 0.841. The first-order valence-electron chi connectivity index (χ1n) is 7.68. The fourth-order valence-corrected chi connectivity index (χ4v) is 2.68. The third-order valence-electron chi connectivity index (χ3n) is 3.76. The van der Waals surface area contributed by atoms with Crippen LogP contribution in [0.3, 0.4) is 0 Å². The minimum atomic E-state index is 0.524. The van der Waals surface area contributed by atoms with Gasteiger partial charge in [-0.3, -0.25) is 0 Å². The molecule has 1 N–H and O–H groups in total. The molecule has 3 heterocycles. The molecule has 0 saturated heterocycles. The van der Waals surface area contributed by atoms with Gasteiger partial charge in [-0.2, -0.15) is 9.78 Å². The van der Waals surface area contributed by atoms with Crippen molar-refractivity contribution in [2.75, 3.05) is 5.32 Å². The predicted molar refractivity (Wildman–Crippen MR) is 93.7 cm³/mol. The molecular weight excluding hydrogens is 300 g/mol. The number of aryl methyl sites for hydroxylation is 2. The van der Waals surface area contributed by atoms with E-state index in [-0.39, 0.29) is 0 Å². The lowest BCUT2D eigenvalue weighted by Crippen LogP contribution is -2.06. The highest BCUT2D eigenvalue weighted by Gasteiger charge is 2.12. The number of rotatable bonds is 3. The molecule has 0 aliphatic carbocycles. The van der Waals surface area contributed by atoms with Crippen LogP contribution in [0, 0.1) is 13.8 Å². The summed E-state index contributed by atoms with van der Waals surface area (Å²) in [6, 6.07) is 13.9. The van der Waals surface area contributed by atoms with Crippen LogP contribution in [-0.2, 0) is 0 Å². The Morgan fingerprint density at radius 1 is 0.958 bits per heavy atom. The summed E-state index contributed by atoms with van der Waals surface area (Å²) in [7, 11) is 0. The molecule has 6 nitrogen and oxygen atoms in total. The summed E-state index contributed by atoms with van der Waals surface area (Å²) in [6.07, 6.45) is 3.39. The Kier molecular flexibility index (Phi) is 3.42. The Balaban J connectivity index is 1.82. The van der Waals surface area contributed by atoms with Gasteiger partial charge in [0.2, 0.25) is 5.95 Å². The van der Waals surface area contributed by atoms with Crippen LogP contribution in [-0.4, -0.2) is 24.7 Å². The summed E-state index contributed by atoms with van der Waals surface area (Å²) >= 11 is 0. The molecule has 0 spiro atoms. The fraction of sp³-hybridized carbons (Fsp3) is 0.111. The minimum Gasteiger partial charge on any atom is -0.309 e. The molecule has 3 aromatic heterocycles. The van der Waals surface area contributed by atoms with E-state index >= 15 is 0 Å². The van der Waals surface area contributed by atoms with Crippen molar-refractivity contribution in [3.8, 4) is 5.82 Å². The molecular formula is C18H16N6. The first kappa shape index (κ1) is 14.3. The Labute approximate surface area is 139 Å². The number of fused-ring (bicyclic) bond motifs is 1. The van der Waals surface area contributed by atoms with Gasteiger partial charge >= 0.3 is 0 Å². The van der Waals surface area contributed by atoms with Crippen LogP contribution < -0.4 is 5.32 Å². The number of para-hydroxylation sites is 1. The minimum absolute atomic E-state index is 0.524. The van der Waals surface area contributed by atoms with E-state index < -0.39 is 0 Å². The number of nitrogens with zero attached hydrogens (tertiary/aromatic N) is 5. The molecule has 4 rings (SSSR count). The summed E-state index contributed by atoms with van der Waals surface area (Å²) in [4.78, 5) is 13.1. The smallest absolute Gasteiger partial charge is 0.228 e. The van der Waals surface area contributed by atoms with Crippen LogP contribution in [0.4, 0.5) is 11.8 Å².